The number of anilines is 1. The van der Waals surface area contributed by atoms with Gasteiger partial charge in [-0.15, -0.1) is 0 Å². The quantitative estimate of drug-likeness (QED) is 0.668. The maximum absolute atomic E-state index is 5.58. The predicted octanol–water partition coefficient (Wildman–Crippen LogP) is 2.27. The normalized spacial score (nSPS) is 10.5. The molecule has 0 saturated heterocycles. The van der Waals surface area contributed by atoms with Crippen LogP contribution in [0.15, 0.2) is 30.3 Å². The highest BCUT2D eigenvalue weighted by molar-refractivity contribution is 5.45. The van der Waals surface area contributed by atoms with Crippen molar-refractivity contribution in [1.29, 1.82) is 0 Å². The molecule has 0 amide bonds. The molecule has 0 unspecified atom stereocenters. The van der Waals surface area contributed by atoms with E-state index in [2.05, 4.69) is 35.2 Å². The van der Waals surface area contributed by atoms with E-state index < -0.39 is 0 Å². The fourth-order valence-corrected chi connectivity index (χ4v) is 1.84. The van der Waals surface area contributed by atoms with Gasteiger partial charge in [0, 0.05) is 32.5 Å². The minimum Gasteiger partial charge on any atom is -0.385 e. The number of methoxy groups -OCH3 is 1. The van der Waals surface area contributed by atoms with Crippen LogP contribution in [0.3, 0.4) is 0 Å². The van der Waals surface area contributed by atoms with E-state index in [4.69, 9.17) is 10.5 Å². The Bertz CT molecular complexity index is 277. The summed E-state index contributed by atoms with van der Waals surface area (Å²) in [5.74, 6) is 0. The Morgan fingerprint density at radius 2 is 1.76 bits per heavy atom. The van der Waals surface area contributed by atoms with Crippen LogP contribution in [0.1, 0.15) is 19.3 Å². The first-order valence-electron chi connectivity index (χ1n) is 6.37. The summed E-state index contributed by atoms with van der Waals surface area (Å²) in [6.45, 7) is 3.71. The Morgan fingerprint density at radius 1 is 1.06 bits per heavy atom. The standard InChI is InChI=1S/C14H24N2O/c1-17-13-6-5-11-16(12-7-10-15)14-8-3-2-4-9-14/h2-4,8-9H,5-7,10-13,15H2,1H3. The van der Waals surface area contributed by atoms with E-state index in [-0.39, 0.29) is 0 Å². The van der Waals surface area contributed by atoms with Gasteiger partial charge in [0.1, 0.15) is 0 Å². The fourth-order valence-electron chi connectivity index (χ4n) is 1.84. The lowest BCUT2D eigenvalue weighted by Crippen LogP contribution is -2.27. The number of hydrogen-bond donors (Lipinski definition) is 1. The maximum Gasteiger partial charge on any atom is 0.0462 e. The molecule has 0 saturated carbocycles. The molecule has 0 spiro atoms. The number of nitrogens with two attached hydrogens (primary N) is 1. The van der Waals surface area contributed by atoms with Crippen molar-refractivity contribution in [3.05, 3.63) is 30.3 Å². The second-order valence-electron chi connectivity index (χ2n) is 4.16. The molecule has 1 aromatic carbocycles. The second kappa shape index (κ2) is 9.02. The van der Waals surface area contributed by atoms with Crippen LogP contribution in [-0.4, -0.2) is 33.4 Å². The summed E-state index contributed by atoms with van der Waals surface area (Å²) in [4.78, 5) is 2.41. The molecule has 0 aromatic heterocycles. The van der Waals surface area contributed by atoms with Gasteiger partial charge in [-0.05, 0) is 37.9 Å². The van der Waals surface area contributed by atoms with Crippen molar-refractivity contribution in [2.24, 2.45) is 5.73 Å². The molecule has 0 aliphatic carbocycles. The largest absolute Gasteiger partial charge is 0.385 e. The highest BCUT2D eigenvalue weighted by Crippen LogP contribution is 2.14. The summed E-state index contributed by atoms with van der Waals surface area (Å²) in [7, 11) is 1.75. The van der Waals surface area contributed by atoms with Gasteiger partial charge in [-0.1, -0.05) is 18.2 Å². The number of rotatable bonds is 9. The van der Waals surface area contributed by atoms with Crippen molar-refractivity contribution in [2.45, 2.75) is 19.3 Å². The first-order chi connectivity index (χ1) is 8.38. The first-order valence-corrected chi connectivity index (χ1v) is 6.37. The van der Waals surface area contributed by atoms with Gasteiger partial charge in [0.2, 0.25) is 0 Å². The molecule has 0 fully saturated rings. The van der Waals surface area contributed by atoms with Crippen molar-refractivity contribution < 1.29 is 4.74 Å². The number of benzene rings is 1. The Labute approximate surface area is 105 Å². The Kier molecular flexibility index (Phi) is 7.43. The molecule has 1 rings (SSSR count). The monoisotopic (exact) mass is 236 g/mol. The average Bonchev–Trinajstić information content (AvgIpc) is 2.39. The number of para-hydroxylation sites is 1. The van der Waals surface area contributed by atoms with Crippen molar-refractivity contribution in [3.63, 3.8) is 0 Å². The molecule has 0 heterocycles. The summed E-state index contributed by atoms with van der Waals surface area (Å²) in [5, 5.41) is 0. The van der Waals surface area contributed by atoms with Crippen LogP contribution >= 0.6 is 0 Å². The van der Waals surface area contributed by atoms with E-state index >= 15 is 0 Å². The third-order valence-corrected chi connectivity index (χ3v) is 2.78. The van der Waals surface area contributed by atoms with Crippen LogP contribution in [0, 0.1) is 0 Å². The Morgan fingerprint density at radius 3 is 2.41 bits per heavy atom. The summed E-state index contributed by atoms with van der Waals surface area (Å²) in [5.41, 5.74) is 6.87. The molecule has 3 heteroatoms. The second-order valence-corrected chi connectivity index (χ2v) is 4.16. The van der Waals surface area contributed by atoms with Crippen LogP contribution in [0.5, 0.6) is 0 Å². The molecule has 0 bridgehead atoms. The molecule has 2 N–H and O–H groups in total. The van der Waals surface area contributed by atoms with E-state index in [1.54, 1.807) is 7.11 Å². The third kappa shape index (κ3) is 5.71. The van der Waals surface area contributed by atoms with E-state index in [0.29, 0.717) is 0 Å². The fraction of sp³-hybridized carbons (Fsp3) is 0.571. The van der Waals surface area contributed by atoms with E-state index in [9.17, 15) is 0 Å². The Balaban J connectivity index is 2.43. The molecular formula is C14H24N2O. The summed E-state index contributed by atoms with van der Waals surface area (Å²) in [6, 6.07) is 10.5. The molecule has 0 radical (unpaired) electrons. The van der Waals surface area contributed by atoms with E-state index in [1.807, 2.05) is 0 Å². The zero-order chi connectivity index (χ0) is 12.3. The van der Waals surface area contributed by atoms with Crippen LogP contribution in [0.4, 0.5) is 5.69 Å². The van der Waals surface area contributed by atoms with Gasteiger partial charge in [-0.3, -0.25) is 0 Å². The number of ether oxygens (including phenoxy) is 1. The average molecular weight is 236 g/mol. The first kappa shape index (κ1) is 14.0. The van der Waals surface area contributed by atoms with Crippen molar-refractivity contribution in [3.8, 4) is 0 Å². The van der Waals surface area contributed by atoms with Crippen molar-refractivity contribution in [1.82, 2.24) is 0 Å². The van der Waals surface area contributed by atoms with Crippen LogP contribution in [0.2, 0.25) is 0 Å². The molecule has 96 valence electrons. The van der Waals surface area contributed by atoms with Gasteiger partial charge in [0.05, 0.1) is 0 Å². The van der Waals surface area contributed by atoms with Gasteiger partial charge in [-0.25, -0.2) is 0 Å². The van der Waals surface area contributed by atoms with Gasteiger partial charge < -0.3 is 15.4 Å². The molecule has 0 aliphatic rings. The molecular weight excluding hydrogens is 212 g/mol. The molecule has 0 aliphatic heterocycles. The predicted molar refractivity (Wildman–Crippen MR) is 73.4 cm³/mol. The highest BCUT2D eigenvalue weighted by atomic mass is 16.5. The zero-order valence-electron chi connectivity index (χ0n) is 10.8. The lowest BCUT2D eigenvalue weighted by atomic mass is 10.2. The SMILES string of the molecule is COCCCCN(CCCN)c1ccccc1. The van der Waals surface area contributed by atoms with Crippen molar-refractivity contribution in [2.75, 3.05) is 38.3 Å². The maximum atomic E-state index is 5.58. The topological polar surface area (TPSA) is 38.5 Å². The Hall–Kier alpha value is -1.06. The van der Waals surface area contributed by atoms with Gasteiger partial charge in [0.25, 0.3) is 0 Å². The smallest absolute Gasteiger partial charge is 0.0462 e. The highest BCUT2D eigenvalue weighted by Gasteiger charge is 2.04. The van der Waals surface area contributed by atoms with Crippen LogP contribution in [0.25, 0.3) is 0 Å². The zero-order valence-corrected chi connectivity index (χ0v) is 10.8. The van der Waals surface area contributed by atoms with E-state index in [0.717, 1.165) is 45.5 Å². The van der Waals surface area contributed by atoms with Gasteiger partial charge in [-0.2, -0.15) is 0 Å². The number of hydrogen-bond acceptors (Lipinski definition) is 3. The minimum atomic E-state index is 0.751. The van der Waals surface area contributed by atoms with Crippen molar-refractivity contribution >= 4 is 5.69 Å². The van der Waals surface area contributed by atoms with Gasteiger partial charge >= 0.3 is 0 Å². The number of nitrogens with zero attached hydrogens (tertiary/aromatic N) is 1. The molecule has 1 aromatic rings. The van der Waals surface area contributed by atoms with Crippen LogP contribution < -0.4 is 10.6 Å². The number of unbranched alkanes of at least 4 members (excludes halogenated alkanes) is 1. The summed E-state index contributed by atoms with van der Waals surface area (Å²) in [6.07, 6.45) is 3.31. The molecule has 0 atom stereocenters. The van der Waals surface area contributed by atoms with Crippen LogP contribution in [-0.2, 0) is 4.74 Å². The summed E-state index contributed by atoms with van der Waals surface area (Å²) < 4.78 is 5.07. The van der Waals surface area contributed by atoms with Gasteiger partial charge in [0.15, 0.2) is 0 Å². The lowest BCUT2D eigenvalue weighted by Gasteiger charge is -2.24. The molecule has 3 nitrogen and oxygen atoms in total. The minimum absolute atomic E-state index is 0.751. The lowest BCUT2D eigenvalue weighted by molar-refractivity contribution is 0.193. The van der Waals surface area contributed by atoms with E-state index in [1.165, 1.54) is 5.69 Å². The summed E-state index contributed by atoms with van der Waals surface area (Å²) >= 11 is 0. The third-order valence-electron chi connectivity index (χ3n) is 2.78. The molecule has 17 heavy (non-hydrogen) atoms.